The van der Waals surface area contributed by atoms with Crippen molar-refractivity contribution in [1.82, 2.24) is 0 Å². The van der Waals surface area contributed by atoms with Crippen LogP contribution in [0.3, 0.4) is 0 Å². The topological polar surface area (TPSA) is 20.2 Å². The minimum Gasteiger partial charge on any atom is -0.396 e. The molecule has 2 aromatic carbocycles. The molecular formula is C19H22O. The zero-order valence-corrected chi connectivity index (χ0v) is 11.8. The summed E-state index contributed by atoms with van der Waals surface area (Å²) in [5.41, 5.74) is 3.82. The summed E-state index contributed by atoms with van der Waals surface area (Å²) in [6.07, 6.45) is 8.55. The van der Waals surface area contributed by atoms with Crippen LogP contribution in [0.2, 0.25) is 0 Å². The minimum absolute atomic E-state index is 0.213. The van der Waals surface area contributed by atoms with Gasteiger partial charge in [0.1, 0.15) is 0 Å². The van der Waals surface area contributed by atoms with Crippen LogP contribution in [0.5, 0.6) is 0 Å². The Morgan fingerprint density at radius 3 is 2.45 bits per heavy atom. The van der Waals surface area contributed by atoms with E-state index in [9.17, 15) is 0 Å². The van der Waals surface area contributed by atoms with Crippen molar-refractivity contribution in [3.63, 3.8) is 0 Å². The van der Waals surface area contributed by atoms with Gasteiger partial charge < -0.3 is 5.11 Å². The molecule has 0 fully saturated rings. The lowest BCUT2D eigenvalue weighted by Gasteiger charge is -2.00. The number of hydrogen-bond donors (Lipinski definition) is 1. The van der Waals surface area contributed by atoms with Crippen molar-refractivity contribution in [2.45, 2.75) is 25.7 Å². The van der Waals surface area contributed by atoms with Crippen LogP contribution in [0.15, 0.2) is 60.7 Å². The molecule has 0 saturated heterocycles. The van der Waals surface area contributed by atoms with E-state index in [1.54, 1.807) is 0 Å². The monoisotopic (exact) mass is 266 g/mol. The molecule has 1 nitrogen and oxygen atoms in total. The fraction of sp³-hybridized carbons (Fsp3) is 0.263. The molecule has 0 aliphatic rings. The Kier molecular flexibility index (Phi) is 6.07. The van der Waals surface area contributed by atoms with Gasteiger partial charge in [-0.25, -0.2) is 0 Å². The summed E-state index contributed by atoms with van der Waals surface area (Å²) in [7, 11) is 0. The van der Waals surface area contributed by atoms with E-state index in [-0.39, 0.29) is 6.61 Å². The fourth-order valence-electron chi connectivity index (χ4n) is 2.27. The molecular weight excluding hydrogens is 244 g/mol. The van der Waals surface area contributed by atoms with E-state index in [4.69, 9.17) is 5.11 Å². The van der Waals surface area contributed by atoms with Gasteiger partial charge in [0.15, 0.2) is 0 Å². The van der Waals surface area contributed by atoms with Gasteiger partial charge in [0.05, 0.1) is 0 Å². The fourth-order valence-corrected chi connectivity index (χ4v) is 2.27. The Morgan fingerprint density at radius 2 is 1.65 bits per heavy atom. The first kappa shape index (κ1) is 14.5. The van der Waals surface area contributed by atoms with Crippen LogP contribution in [0.25, 0.3) is 6.08 Å². The van der Waals surface area contributed by atoms with Crippen LogP contribution in [-0.4, -0.2) is 11.7 Å². The number of aliphatic hydroxyl groups is 1. The Balaban J connectivity index is 1.77. The third-order valence-corrected chi connectivity index (χ3v) is 3.34. The lowest BCUT2D eigenvalue weighted by Crippen LogP contribution is -1.90. The number of hydrogen-bond acceptors (Lipinski definition) is 1. The van der Waals surface area contributed by atoms with E-state index in [0.717, 1.165) is 19.3 Å². The van der Waals surface area contributed by atoms with Crippen molar-refractivity contribution in [2.24, 2.45) is 0 Å². The molecule has 0 spiro atoms. The predicted octanol–water partition coefficient (Wildman–Crippen LogP) is 4.26. The van der Waals surface area contributed by atoms with E-state index >= 15 is 0 Å². The molecule has 0 aliphatic carbocycles. The highest BCUT2D eigenvalue weighted by Gasteiger charge is 1.93. The molecule has 2 aromatic rings. The Hall–Kier alpha value is -1.86. The lowest BCUT2D eigenvalue weighted by atomic mass is 10.1. The predicted molar refractivity (Wildman–Crippen MR) is 85.6 cm³/mol. The lowest BCUT2D eigenvalue weighted by molar-refractivity contribution is 0.299. The average molecular weight is 266 g/mol. The van der Waals surface area contributed by atoms with E-state index in [0.29, 0.717) is 0 Å². The van der Waals surface area contributed by atoms with Gasteiger partial charge in [0.25, 0.3) is 0 Å². The summed E-state index contributed by atoms with van der Waals surface area (Å²) in [6.45, 7) is 0.213. The van der Waals surface area contributed by atoms with Gasteiger partial charge >= 0.3 is 0 Å². The molecule has 0 radical (unpaired) electrons. The van der Waals surface area contributed by atoms with E-state index in [1.165, 1.54) is 23.1 Å². The molecule has 0 aliphatic heterocycles. The second-order valence-corrected chi connectivity index (χ2v) is 5.00. The number of rotatable bonds is 7. The quantitative estimate of drug-likeness (QED) is 0.742. The summed E-state index contributed by atoms with van der Waals surface area (Å²) in [6, 6.07) is 19.0. The molecule has 1 N–H and O–H groups in total. The number of benzene rings is 2. The number of aryl methyl sites for hydroxylation is 1. The second kappa shape index (κ2) is 8.34. The van der Waals surface area contributed by atoms with Crippen LogP contribution >= 0.6 is 0 Å². The summed E-state index contributed by atoms with van der Waals surface area (Å²) in [5.74, 6) is 0. The highest BCUT2D eigenvalue weighted by atomic mass is 16.2. The average Bonchev–Trinajstić information content (AvgIpc) is 2.49. The third kappa shape index (κ3) is 5.02. The molecule has 0 aromatic heterocycles. The van der Waals surface area contributed by atoms with Gasteiger partial charge in [0, 0.05) is 6.61 Å². The Bertz CT molecular complexity index is 528. The maximum atomic E-state index is 8.95. The number of allylic oxidation sites excluding steroid dienone is 1. The second-order valence-electron chi connectivity index (χ2n) is 5.00. The van der Waals surface area contributed by atoms with Gasteiger partial charge in [-0.2, -0.15) is 0 Å². The highest BCUT2D eigenvalue weighted by Crippen LogP contribution is 2.10. The smallest absolute Gasteiger partial charge is 0.0471 e. The van der Waals surface area contributed by atoms with Crippen molar-refractivity contribution in [3.8, 4) is 0 Å². The standard InChI is InChI=1S/C19H22O/c20-15-14-19-13-7-12-18(16-19)11-6-2-5-10-17-8-3-1-4-9-17/h1,3-4,6-9,11-13,16,20H,2,5,10,14-15H2/b11-6+. The molecule has 0 heterocycles. The highest BCUT2D eigenvalue weighted by molar-refractivity contribution is 5.50. The minimum atomic E-state index is 0.213. The van der Waals surface area contributed by atoms with E-state index < -0.39 is 0 Å². The zero-order chi connectivity index (χ0) is 14.0. The molecule has 0 bridgehead atoms. The summed E-state index contributed by atoms with van der Waals surface area (Å²) in [5, 5.41) is 8.95. The van der Waals surface area contributed by atoms with Crippen LogP contribution in [0.1, 0.15) is 29.5 Å². The van der Waals surface area contributed by atoms with Crippen molar-refractivity contribution in [1.29, 1.82) is 0 Å². The molecule has 104 valence electrons. The van der Waals surface area contributed by atoms with Gasteiger partial charge in [-0.3, -0.25) is 0 Å². The van der Waals surface area contributed by atoms with Crippen molar-refractivity contribution >= 4 is 6.08 Å². The van der Waals surface area contributed by atoms with Crippen LogP contribution < -0.4 is 0 Å². The molecule has 0 amide bonds. The molecule has 2 rings (SSSR count). The summed E-state index contributed by atoms with van der Waals surface area (Å²) >= 11 is 0. The first-order valence-electron chi connectivity index (χ1n) is 7.29. The first-order valence-corrected chi connectivity index (χ1v) is 7.29. The normalized spacial score (nSPS) is 11.1. The van der Waals surface area contributed by atoms with Crippen molar-refractivity contribution < 1.29 is 5.11 Å². The summed E-state index contributed by atoms with van der Waals surface area (Å²) < 4.78 is 0. The van der Waals surface area contributed by atoms with Gasteiger partial charge in [-0.05, 0) is 42.4 Å². The number of unbranched alkanes of at least 4 members (excludes halogenated alkanes) is 1. The maximum absolute atomic E-state index is 8.95. The Morgan fingerprint density at radius 1 is 0.850 bits per heavy atom. The largest absolute Gasteiger partial charge is 0.396 e. The molecule has 0 unspecified atom stereocenters. The molecule has 1 heteroatoms. The molecule has 0 atom stereocenters. The molecule has 0 saturated carbocycles. The van der Waals surface area contributed by atoms with Gasteiger partial charge in [0.2, 0.25) is 0 Å². The van der Waals surface area contributed by atoms with E-state index in [1.807, 2.05) is 0 Å². The SMILES string of the molecule is OCCc1cccc(/C=C/CCCc2ccccc2)c1. The summed E-state index contributed by atoms with van der Waals surface area (Å²) in [4.78, 5) is 0. The third-order valence-electron chi connectivity index (χ3n) is 3.34. The van der Waals surface area contributed by atoms with E-state index in [2.05, 4.69) is 66.7 Å². The zero-order valence-electron chi connectivity index (χ0n) is 11.8. The van der Waals surface area contributed by atoms with Crippen molar-refractivity contribution in [3.05, 3.63) is 77.4 Å². The van der Waals surface area contributed by atoms with Crippen LogP contribution in [0.4, 0.5) is 0 Å². The van der Waals surface area contributed by atoms with Gasteiger partial charge in [-0.15, -0.1) is 0 Å². The van der Waals surface area contributed by atoms with Gasteiger partial charge in [-0.1, -0.05) is 66.7 Å². The van der Waals surface area contributed by atoms with Crippen LogP contribution in [0, 0.1) is 0 Å². The maximum Gasteiger partial charge on any atom is 0.0471 e. The Labute approximate surface area is 121 Å². The molecule has 20 heavy (non-hydrogen) atoms. The first-order chi connectivity index (χ1) is 9.88. The van der Waals surface area contributed by atoms with Crippen molar-refractivity contribution in [2.75, 3.05) is 6.61 Å². The van der Waals surface area contributed by atoms with Crippen LogP contribution in [-0.2, 0) is 12.8 Å². The number of aliphatic hydroxyl groups excluding tert-OH is 1.